The van der Waals surface area contributed by atoms with E-state index in [2.05, 4.69) is 10.2 Å². The molecule has 1 amide bonds. The molecule has 2 aromatic carbocycles. The highest BCUT2D eigenvalue weighted by molar-refractivity contribution is 7.89. The van der Waals surface area contributed by atoms with Crippen molar-refractivity contribution >= 4 is 21.6 Å². The summed E-state index contributed by atoms with van der Waals surface area (Å²) in [6.45, 7) is 2.51. The minimum atomic E-state index is -3.35. The van der Waals surface area contributed by atoms with Crippen LogP contribution in [0.15, 0.2) is 54.6 Å². The Morgan fingerprint density at radius 3 is 2.45 bits per heavy atom. The zero-order valence-corrected chi connectivity index (χ0v) is 16.9. The number of amides is 1. The third-order valence-corrected chi connectivity index (χ3v) is 6.83. The van der Waals surface area contributed by atoms with Crippen molar-refractivity contribution in [3.63, 3.8) is 0 Å². The van der Waals surface area contributed by atoms with Crippen LogP contribution in [-0.4, -0.2) is 57.1 Å². The van der Waals surface area contributed by atoms with Gasteiger partial charge >= 0.3 is 0 Å². The molecular formula is C21H24N4O3S. The number of rotatable bonds is 7. The lowest BCUT2D eigenvalue weighted by Crippen LogP contribution is -2.49. The standard InChI is InChI=1S/C21H24N4O3S/c22-17-18-6-4-7-19(16-18)21(26)23-10-5-15-29(27,28)25-13-11-24(12-14-25)20-8-2-1-3-9-20/h1-4,6-9,16H,5,10-15H2,(H,23,26). The summed E-state index contributed by atoms with van der Waals surface area (Å²) in [5, 5.41) is 11.6. The molecule has 0 aliphatic carbocycles. The molecule has 0 bridgehead atoms. The van der Waals surface area contributed by atoms with E-state index in [4.69, 9.17) is 5.26 Å². The first-order valence-corrected chi connectivity index (χ1v) is 11.2. The molecule has 1 saturated heterocycles. The molecule has 0 saturated carbocycles. The van der Waals surface area contributed by atoms with Gasteiger partial charge in [0.05, 0.1) is 17.4 Å². The molecule has 1 fully saturated rings. The molecular weight excluding hydrogens is 388 g/mol. The van der Waals surface area contributed by atoms with Crippen molar-refractivity contribution in [2.45, 2.75) is 6.42 Å². The van der Waals surface area contributed by atoms with Gasteiger partial charge in [0.15, 0.2) is 0 Å². The maximum Gasteiger partial charge on any atom is 0.251 e. The first kappa shape index (κ1) is 20.8. The average Bonchev–Trinajstić information content (AvgIpc) is 2.77. The van der Waals surface area contributed by atoms with Crippen LogP contribution in [0.2, 0.25) is 0 Å². The first-order valence-electron chi connectivity index (χ1n) is 9.56. The molecule has 1 heterocycles. The predicted octanol–water partition coefficient (Wildman–Crippen LogP) is 1.83. The fraction of sp³-hybridized carbons (Fsp3) is 0.333. The van der Waals surface area contributed by atoms with E-state index >= 15 is 0 Å². The van der Waals surface area contributed by atoms with Crippen LogP contribution < -0.4 is 10.2 Å². The second kappa shape index (κ2) is 9.54. The molecule has 0 atom stereocenters. The van der Waals surface area contributed by atoms with E-state index in [1.807, 2.05) is 36.4 Å². The Kier molecular flexibility index (Phi) is 6.86. The van der Waals surface area contributed by atoms with E-state index in [1.54, 1.807) is 18.2 Å². The van der Waals surface area contributed by atoms with E-state index in [9.17, 15) is 13.2 Å². The number of nitrogens with one attached hydrogen (secondary N) is 1. The number of nitrogens with zero attached hydrogens (tertiary/aromatic N) is 3. The van der Waals surface area contributed by atoms with Gasteiger partial charge in [-0.3, -0.25) is 4.79 Å². The van der Waals surface area contributed by atoms with Crippen LogP contribution in [0.3, 0.4) is 0 Å². The van der Waals surface area contributed by atoms with Crippen molar-refractivity contribution in [2.75, 3.05) is 43.4 Å². The SMILES string of the molecule is N#Cc1cccc(C(=O)NCCCS(=O)(=O)N2CCN(c3ccccc3)CC2)c1. The highest BCUT2D eigenvalue weighted by Gasteiger charge is 2.26. The Hall–Kier alpha value is -2.89. The van der Waals surface area contributed by atoms with Crippen LogP contribution in [-0.2, 0) is 10.0 Å². The van der Waals surface area contributed by atoms with Gasteiger partial charge < -0.3 is 10.2 Å². The quantitative estimate of drug-likeness (QED) is 0.701. The van der Waals surface area contributed by atoms with Gasteiger partial charge in [0.25, 0.3) is 5.91 Å². The number of anilines is 1. The van der Waals surface area contributed by atoms with E-state index < -0.39 is 10.0 Å². The summed E-state index contributed by atoms with van der Waals surface area (Å²) in [6, 6.07) is 18.4. The average molecular weight is 413 g/mol. The molecule has 3 rings (SSSR count). The molecule has 1 N–H and O–H groups in total. The van der Waals surface area contributed by atoms with Crippen molar-refractivity contribution in [1.29, 1.82) is 5.26 Å². The number of carbonyl (C=O) groups excluding carboxylic acids is 1. The minimum Gasteiger partial charge on any atom is -0.369 e. The van der Waals surface area contributed by atoms with Crippen LogP contribution in [0.4, 0.5) is 5.69 Å². The minimum absolute atomic E-state index is 0.00312. The van der Waals surface area contributed by atoms with Gasteiger partial charge in [0, 0.05) is 44.0 Å². The molecule has 0 unspecified atom stereocenters. The van der Waals surface area contributed by atoms with Gasteiger partial charge in [-0.2, -0.15) is 9.57 Å². The number of nitriles is 1. The normalized spacial score (nSPS) is 14.9. The highest BCUT2D eigenvalue weighted by Crippen LogP contribution is 2.17. The van der Waals surface area contributed by atoms with Gasteiger partial charge in [-0.05, 0) is 36.8 Å². The number of hydrogen-bond acceptors (Lipinski definition) is 5. The zero-order chi connectivity index (χ0) is 20.7. The van der Waals surface area contributed by atoms with Crippen molar-refractivity contribution in [3.8, 4) is 6.07 Å². The lowest BCUT2D eigenvalue weighted by Gasteiger charge is -2.35. The second-order valence-electron chi connectivity index (χ2n) is 6.84. The second-order valence-corrected chi connectivity index (χ2v) is 8.93. The maximum atomic E-state index is 12.6. The number of para-hydroxylation sites is 1. The Balaban J connectivity index is 1.43. The maximum absolute atomic E-state index is 12.6. The topological polar surface area (TPSA) is 93.5 Å². The van der Waals surface area contributed by atoms with Crippen LogP contribution in [0.25, 0.3) is 0 Å². The van der Waals surface area contributed by atoms with E-state index in [0.717, 1.165) is 5.69 Å². The summed E-state index contributed by atoms with van der Waals surface area (Å²) in [7, 11) is -3.35. The number of benzene rings is 2. The summed E-state index contributed by atoms with van der Waals surface area (Å²) in [5.41, 5.74) is 1.91. The zero-order valence-electron chi connectivity index (χ0n) is 16.1. The summed E-state index contributed by atoms with van der Waals surface area (Å²) in [4.78, 5) is 14.3. The van der Waals surface area contributed by atoms with Gasteiger partial charge in [0.2, 0.25) is 10.0 Å². The van der Waals surface area contributed by atoms with Gasteiger partial charge in [-0.25, -0.2) is 8.42 Å². The van der Waals surface area contributed by atoms with Crippen molar-refractivity contribution in [1.82, 2.24) is 9.62 Å². The smallest absolute Gasteiger partial charge is 0.251 e. The monoisotopic (exact) mass is 412 g/mol. The third-order valence-electron chi connectivity index (χ3n) is 4.87. The van der Waals surface area contributed by atoms with Crippen LogP contribution in [0, 0.1) is 11.3 Å². The molecule has 152 valence electrons. The number of sulfonamides is 1. The van der Waals surface area contributed by atoms with Gasteiger partial charge in [-0.15, -0.1) is 0 Å². The highest BCUT2D eigenvalue weighted by atomic mass is 32.2. The van der Waals surface area contributed by atoms with E-state index in [1.165, 1.54) is 10.4 Å². The van der Waals surface area contributed by atoms with Crippen molar-refractivity contribution < 1.29 is 13.2 Å². The number of hydrogen-bond donors (Lipinski definition) is 1. The largest absolute Gasteiger partial charge is 0.369 e. The summed E-state index contributed by atoms with van der Waals surface area (Å²) in [6.07, 6.45) is 0.338. The molecule has 7 nitrogen and oxygen atoms in total. The van der Waals surface area contributed by atoms with E-state index in [0.29, 0.717) is 43.7 Å². The molecule has 1 aliphatic rings. The lowest BCUT2D eigenvalue weighted by molar-refractivity contribution is 0.0953. The number of piperazine rings is 1. The molecule has 0 aromatic heterocycles. The fourth-order valence-corrected chi connectivity index (χ4v) is 4.77. The lowest BCUT2D eigenvalue weighted by atomic mass is 10.1. The Morgan fingerprint density at radius 1 is 1.03 bits per heavy atom. The molecule has 29 heavy (non-hydrogen) atoms. The van der Waals surface area contributed by atoms with E-state index in [-0.39, 0.29) is 18.2 Å². The van der Waals surface area contributed by atoms with Crippen molar-refractivity contribution in [2.24, 2.45) is 0 Å². The Morgan fingerprint density at radius 2 is 1.76 bits per heavy atom. The van der Waals surface area contributed by atoms with Gasteiger partial charge in [-0.1, -0.05) is 24.3 Å². The van der Waals surface area contributed by atoms with Crippen LogP contribution >= 0.6 is 0 Å². The van der Waals surface area contributed by atoms with Crippen LogP contribution in [0.5, 0.6) is 0 Å². The molecule has 0 radical (unpaired) electrons. The summed E-state index contributed by atoms with van der Waals surface area (Å²) in [5.74, 6) is -0.312. The Bertz CT molecular complexity index is 978. The summed E-state index contributed by atoms with van der Waals surface area (Å²) >= 11 is 0. The number of carbonyl (C=O) groups is 1. The van der Waals surface area contributed by atoms with Crippen LogP contribution in [0.1, 0.15) is 22.3 Å². The Labute approximate surface area is 171 Å². The molecule has 2 aromatic rings. The first-order chi connectivity index (χ1) is 14.0. The molecule has 0 spiro atoms. The predicted molar refractivity (Wildman–Crippen MR) is 112 cm³/mol. The molecule has 1 aliphatic heterocycles. The third kappa shape index (κ3) is 5.56. The summed E-state index contributed by atoms with van der Waals surface area (Å²) < 4.78 is 26.7. The molecule has 8 heteroatoms. The fourth-order valence-electron chi connectivity index (χ4n) is 3.28. The van der Waals surface area contributed by atoms with Gasteiger partial charge in [0.1, 0.15) is 0 Å². The van der Waals surface area contributed by atoms with Crippen molar-refractivity contribution in [3.05, 3.63) is 65.7 Å².